The number of morpholine rings is 1. The van der Waals surface area contributed by atoms with E-state index in [2.05, 4.69) is 4.98 Å². The summed E-state index contributed by atoms with van der Waals surface area (Å²) >= 11 is 1.47. The monoisotopic (exact) mass is 395 g/mol. The Morgan fingerprint density at radius 3 is 2.79 bits per heavy atom. The van der Waals surface area contributed by atoms with Gasteiger partial charge in [0.15, 0.2) is 5.58 Å². The van der Waals surface area contributed by atoms with Gasteiger partial charge in [-0.25, -0.2) is 9.78 Å². The van der Waals surface area contributed by atoms with E-state index in [1.165, 1.54) is 16.2 Å². The summed E-state index contributed by atoms with van der Waals surface area (Å²) in [6.45, 7) is 3.72. The molecule has 1 aliphatic rings. The Bertz CT molecular complexity index is 1190. The summed E-state index contributed by atoms with van der Waals surface area (Å²) in [6.07, 6.45) is 0. The molecule has 6 nitrogen and oxygen atoms in total. The molecule has 0 bridgehead atoms. The molecule has 7 heteroatoms. The lowest BCUT2D eigenvalue weighted by Gasteiger charge is -2.24. The molecule has 0 amide bonds. The number of nitrogens with one attached hydrogen (secondary N) is 1. The van der Waals surface area contributed by atoms with Crippen molar-refractivity contribution in [3.05, 3.63) is 58.4 Å². The maximum Gasteiger partial charge on any atom is 0.346 e. The first kappa shape index (κ1) is 17.4. The lowest BCUT2D eigenvalue weighted by Crippen LogP contribution is -3.12. The number of hydrogen-bond acceptors (Lipinski definition) is 6. The van der Waals surface area contributed by atoms with Crippen LogP contribution in [0.25, 0.3) is 31.8 Å². The van der Waals surface area contributed by atoms with E-state index >= 15 is 0 Å². The maximum atomic E-state index is 12.8. The number of fused-ring (bicyclic) bond motifs is 2. The molecular formula is C21H19N2O4S+. The van der Waals surface area contributed by atoms with Gasteiger partial charge in [-0.3, -0.25) is 0 Å². The van der Waals surface area contributed by atoms with E-state index in [0.717, 1.165) is 28.7 Å². The van der Waals surface area contributed by atoms with Crippen LogP contribution in [0.15, 0.2) is 51.7 Å². The van der Waals surface area contributed by atoms with E-state index in [0.29, 0.717) is 41.5 Å². The number of aromatic hydroxyl groups is 1. The average Bonchev–Trinajstić information content (AvgIpc) is 3.15. The molecular weight excluding hydrogens is 376 g/mol. The summed E-state index contributed by atoms with van der Waals surface area (Å²) in [6, 6.07) is 13.1. The van der Waals surface area contributed by atoms with Crippen molar-refractivity contribution in [2.45, 2.75) is 6.54 Å². The first-order valence-corrected chi connectivity index (χ1v) is 10.1. The van der Waals surface area contributed by atoms with E-state index in [1.54, 1.807) is 12.1 Å². The van der Waals surface area contributed by atoms with Gasteiger partial charge in [0.25, 0.3) is 0 Å². The van der Waals surface area contributed by atoms with Crippen LogP contribution in [0.4, 0.5) is 0 Å². The standard InChI is InChI=1S/C21H18N2O4S/c24-17-6-5-13-11-14(20-22-16-3-1-2-4-18(16)28-20)21(25)27-19(13)15(17)12-23-7-9-26-10-8-23/h1-6,11,24H,7-10,12H2/p+1. The third kappa shape index (κ3) is 3.07. The van der Waals surface area contributed by atoms with Crippen LogP contribution in [0.2, 0.25) is 0 Å². The minimum absolute atomic E-state index is 0.155. The molecule has 1 saturated heterocycles. The molecule has 28 heavy (non-hydrogen) atoms. The number of aromatic nitrogens is 1. The summed E-state index contributed by atoms with van der Waals surface area (Å²) in [5, 5.41) is 11.8. The summed E-state index contributed by atoms with van der Waals surface area (Å²) in [4.78, 5) is 18.6. The second kappa shape index (κ2) is 7.01. The summed E-state index contributed by atoms with van der Waals surface area (Å²) in [5.74, 6) is 0.155. The number of para-hydroxylation sites is 1. The Morgan fingerprint density at radius 1 is 1.14 bits per heavy atom. The lowest BCUT2D eigenvalue weighted by molar-refractivity contribution is -0.921. The van der Waals surface area contributed by atoms with E-state index in [4.69, 9.17) is 9.15 Å². The van der Waals surface area contributed by atoms with Crippen LogP contribution in [-0.2, 0) is 11.3 Å². The number of phenols is 1. The van der Waals surface area contributed by atoms with Crippen LogP contribution in [0.1, 0.15) is 5.56 Å². The van der Waals surface area contributed by atoms with Gasteiger partial charge in [0.1, 0.15) is 30.4 Å². The Labute approximate surface area is 164 Å². The highest BCUT2D eigenvalue weighted by atomic mass is 32.1. The Kier molecular flexibility index (Phi) is 4.35. The fraction of sp³-hybridized carbons (Fsp3) is 0.238. The summed E-state index contributed by atoms with van der Waals surface area (Å²) in [5.41, 5.74) is 2.00. The zero-order valence-electron chi connectivity index (χ0n) is 15.1. The van der Waals surface area contributed by atoms with Crippen molar-refractivity contribution in [3.63, 3.8) is 0 Å². The molecule has 0 unspecified atom stereocenters. The van der Waals surface area contributed by atoms with Crippen molar-refractivity contribution in [3.8, 4) is 16.3 Å². The SMILES string of the molecule is O=c1oc2c(C[NH+]3CCOCC3)c(O)ccc2cc1-c1nc2ccccc2s1. The van der Waals surface area contributed by atoms with Crippen molar-refractivity contribution in [1.82, 2.24) is 4.98 Å². The van der Waals surface area contributed by atoms with Gasteiger partial charge in [-0.05, 0) is 30.3 Å². The predicted molar refractivity (Wildman–Crippen MR) is 108 cm³/mol. The molecule has 4 aromatic rings. The number of ether oxygens (including phenoxy) is 1. The smallest absolute Gasteiger partial charge is 0.346 e. The zero-order chi connectivity index (χ0) is 19.1. The average molecular weight is 395 g/mol. The van der Waals surface area contributed by atoms with Crippen LogP contribution < -0.4 is 10.5 Å². The third-order valence-corrected chi connectivity index (χ3v) is 6.20. The Morgan fingerprint density at radius 2 is 1.96 bits per heavy atom. The molecule has 142 valence electrons. The predicted octanol–water partition coefficient (Wildman–Crippen LogP) is 2.19. The number of benzene rings is 2. The minimum Gasteiger partial charge on any atom is -0.507 e. The fourth-order valence-corrected chi connectivity index (χ4v) is 4.60. The van der Waals surface area contributed by atoms with Crippen LogP contribution in [0.3, 0.4) is 0 Å². The number of hydrogen-bond donors (Lipinski definition) is 2. The molecule has 1 fully saturated rings. The van der Waals surface area contributed by atoms with Crippen LogP contribution in [0, 0.1) is 0 Å². The van der Waals surface area contributed by atoms with E-state index in [1.807, 2.05) is 30.3 Å². The first-order chi connectivity index (χ1) is 13.7. The zero-order valence-corrected chi connectivity index (χ0v) is 15.9. The molecule has 0 spiro atoms. The Balaban J connectivity index is 1.61. The van der Waals surface area contributed by atoms with Crippen LogP contribution in [-0.4, -0.2) is 36.4 Å². The molecule has 0 saturated carbocycles. The Hall–Kier alpha value is -2.74. The molecule has 0 atom stereocenters. The van der Waals surface area contributed by atoms with Crippen molar-refractivity contribution in [1.29, 1.82) is 0 Å². The normalized spacial score (nSPS) is 15.4. The van der Waals surface area contributed by atoms with Gasteiger partial charge in [0, 0.05) is 5.39 Å². The van der Waals surface area contributed by atoms with Crippen molar-refractivity contribution >= 4 is 32.5 Å². The molecule has 5 rings (SSSR count). The number of rotatable bonds is 3. The highest BCUT2D eigenvalue weighted by Gasteiger charge is 2.21. The number of nitrogens with zero attached hydrogens (tertiary/aromatic N) is 1. The second-order valence-electron chi connectivity index (χ2n) is 6.96. The maximum absolute atomic E-state index is 12.8. The molecule has 0 radical (unpaired) electrons. The first-order valence-electron chi connectivity index (χ1n) is 9.25. The highest BCUT2D eigenvalue weighted by Crippen LogP contribution is 2.32. The van der Waals surface area contributed by atoms with Gasteiger partial charge in [-0.15, -0.1) is 11.3 Å². The van der Waals surface area contributed by atoms with Gasteiger partial charge >= 0.3 is 5.63 Å². The lowest BCUT2D eigenvalue weighted by atomic mass is 10.1. The minimum atomic E-state index is -0.435. The largest absolute Gasteiger partial charge is 0.507 e. The summed E-state index contributed by atoms with van der Waals surface area (Å²) in [7, 11) is 0. The van der Waals surface area contributed by atoms with Gasteiger partial charge < -0.3 is 19.2 Å². The number of thiazole rings is 1. The van der Waals surface area contributed by atoms with Gasteiger partial charge in [0.05, 0.1) is 34.6 Å². The number of quaternary nitrogens is 1. The molecule has 2 aromatic heterocycles. The molecule has 2 aromatic carbocycles. The van der Waals surface area contributed by atoms with Crippen molar-refractivity contribution < 1.29 is 19.2 Å². The highest BCUT2D eigenvalue weighted by molar-refractivity contribution is 7.21. The third-order valence-electron chi connectivity index (χ3n) is 5.13. The van der Waals surface area contributed by atoms with E-state index < -0.39 is 5.63 Å². The van der Waals surface area contributed by atoms with E-state index in [9.17, 15) is 9.90 Å². The fourth-order valence-electron chi connectivity index (χ4n) is 3.63. The van der Waals surface area contributed by atoms with Gasteiger partial charge in [-0.2, -0.15) is 0 Å². The molecule has 0 aliphatic carbocycles. The van der Waals surface area contributed by atoms with Crippen LogP contribution in [0.5, 0.6) is 5.75 Å². The topological polar surface area (TPSA) is 77.0 Å². The van der Waals surface area contributed by atoms with Crippen molar-refractivity contribution in [2.75, 3.05) is 26.3 Å². The van der Waals surface area contributed by atoms with Crippen molar-refractivity contribution in [2.24, 2.45) is 0 Å². The second-order valence-corrected chi connectivity index (χ2v) is 7.99. The molecule has 2 N–H and O–H groups in total. The summed E-state index contributed by atoms with van der Waals surface area (Å²) < 4.78 is 12.1. The van der Waals surface area contributed by atoms with E-state index in [-0.39, 0.29) is 5.75 Å². The van der Waals surface area contributed by atoms with Gasteiger partial charge in [-0.1, -0.05) is 12.1 Å². The quantitative estimate of drug-likeness (QED) is 0.520. The molecule has 3 heterocycles. The van der Waals surface area contributed by atoms with Gasteiger partial charge in [0.2, 0.25) is 0 Å². The van der Waals surface area contributed by atoms with Crippen LogP contribution >= 0.6 is 11.3 Å². The molecule has 1 aliphatic heterocycles. The number of phenolic OH excluding ortho intramolecular Hbond substituents is 1.